The monoisotopic (exact) mass is 216 g/mol. The van der Waals surface area contributed by atoms with Crippen molar-refractivity contribution < 1.29 is 5.11 Å². The highest BCUT2D eigenvalue weighted by molar-refractivity contribution is 5.70. The predicted molar refractivity (Wildman–Crippen MR) is 68.4 cm³/mol. The van der Waals surface area contributed by atoms with E-state index in [9.17, 15) is 5.11 Å². The molecule has 2 rings (SSSR count). The van der Waals surface area contributed by atoms with Gasteiger partial charge in [-0.1, -0.05) is 31.2 Å². The number of fused-ring (bicyclic) bond motifs is 1. The van der Waals surface area contributed by atoms with Crippen LogP contribution in [0.15, 0.2) is 24.3 Å². The molecule has 0 radical (unpaired) electrons. The SMILES string of the molecule is CC[C@H]1CC=C(C)c2cccc([C@H](C)O)c21. The largest absolute Gasteiger partial charge is 0.389 e. The van der Waals surface area contributed by atoms with Crippen LogP contribution in [0.3, 0.4) is 0 Å². The first-order valence-corrected chi connectivity index (χ1v) is 6.13. The standard InChI is InChI=1S/C15H20O/c1-4-12-9-8-10(2)13-6-5-7-14(11(3)16)15(12)13/h5-8,11-12,16H,4,9H2,1-3H3/t11-,12-/m0/s1. The van der Waals surface area contributed by atoms with Crippen LogP contribution in [-0.2, 0) is 0 Å². The van der Waals surface area contributed by atoms with E-state index >= 15 is 0 Å². The van der Waals surface area contributed by atoms with Crippen LogP contribution in [0.4, 0.5) is 0 Å². The number of hydrogen-bond acceptors (Lipinski definition) is 1. The maximum atomic E-state index is 9.86. The molecule has 0 unspecified atom stereocenters. The summed E-state index contributed by atoms with van der Waals surface area (Å²) in [5.74, 6) is 0.574. The van der Waals surface area contributed by atoms with Crippen molar-refractivity contribution in [2.45, 2.75) is 45.6 Å². The van der Waals surface area contributed by atoms with Crippen LogP contribution in [0.5, 0.6) is 0 Å². The average Bonchev–Trinajstić information content (AvgIpc) is 2.29. The van der Waals surface area contributed by atoms with Gasteiger partial charge in [-0.25, -0.2) is 0 Å². The Bertz CT molecular complexity index is 415. The van der Waals surface area contributed by atoms with Gasteiger partial charge in [0.25, 0.3) is 0 Å². The Morgan fingerprint density at radius 3 is 2.81 bits per heavy atom. The van der Waals surface area contributed by atoms with Crippen molar-refractivity contribution in [3.05, 3.63) is 41.0 Å². The molecular weight excluding hydrogens is 196 g/mol. The van der Waals surface area contributed by atoms with Crippen LogP contribution >= 0.6 is 0 Å². The molecule has 0 aliphatic heterocycles. The minimum Gasteiger partial charge on any atom is -0.389 e. The highest BCUT2D eigenvalue weighted by Crippen LogP contribution is 2.39. The van der Waals surface area contributed by atoms with Gasteiger partial charge in [0.1, 0.15) is 0 Å². The maximum absolute atomic E-state index is 9.86. The van der Waals surface area contributed by atoms with Crippen LogP contribution in [0, 0.1) is 0 Å². The molecule has 1 aliphatic rings. The molecule has 1 aliphatic carbocycles. The van der Waals surface area contributed by atoms with E-state index in [4.69, 9.17) is 0 Å². The van der Waals surface area contributed by atoms with Gasteiger partial charge < -0.3 is 5.11 Å². The summed E-state index contributed by atoms with van der Waals surface area (Å²) >= 11 is 0. The van der Waals surface area contributed by atoms with E-state index < -0.39 is 0 Å². The molecule has 0 amide bonds. The molecule has 0 spiro atoms. The van der Waals surface area contributed by atoms with Gasteiger partial charge >= 0.3 is 0 Å². The summed E-state index contributed by atoms with van der Waals surface area (Å²) < 4.78 is 0. The summed E-state index contributed by atoms with van der Waals surface area (Å²) in [6.45, 7) is 6.24. The Hall–Kier alpha value is -1.08. The number of allylic oxidation sites excluding steroid dienone is 2. The summed E-state index contributed by atoms with van der Waals surface area (Å²) in [5, 5.41) is 9.86. The topological polar surface area (TPSA) is 20.2 Å². The van der Waals surface area contributed by atoms with Gasteiger partial charge in [-0.05, 0) is 54.9 Å². The normalized spacial score (nSPS) is 21.2. The summed E-state index contributed by atoms with van der Waals surface area (Å²) in [4.78, 5) is 0. The molecule has 1 aromatic carbocycles. The van der Waals surface area contributed by atoms with Crippen molar-refractivity contribution >= 4 is 5.57 Å². The lowest BCUT2D eigenvalue weighted by atomic mass is 9.78. The Labute approximate surface area is 97.8 Å². The third kappa shape index (κ3) is 1.80. The van der Waals surface area contributed by atoms with Gasteiger partial charge in [-0.15, -0.1) is 0 Å². The quantitative estimate of drug-likeness (QED) is 0.791. The van der Waals surface area contributed by atoms with Crippen molar-refractivity contribution in [3.8, 4) is 0 Å². The Morgan fingerprint density at radius 1 is 1.44 bits per heavy atom. The van der Waals surface area contributed by atoms with E-state index in [2.05, 4.69) is 38.1 Å². The van der Waals surface area contributed by atoms with E-state index in [-0.39, 0.29) is 6.10 Å². The molecule has 0 bridgehead atoms. The average molecular weight is 216 g/mol. The molecule has 0 saturated carbocycles. The molecule has 1 aromatic rings. The summed E-state index contributed by atoms with van der Waals surface area (Å²) in [5.41, 5.74) is 5.16. The summed E-state index contributed by atoms with van der Waals surface area (Å²) in [6.07, 6.45) is 4.21. The van der Waals surface area contributed by atoms with E-state index in [0.717, 1.165) is 18.4 Å². The molecular formula is C15H20O. The smallest absolute Gasteiger partial charge is 0.0764 e. The first-order chi connectivity index (χ1) is 7.65. The minimum absolute atomic E-state index is 0.366. The zero-order chi connectivity index (χ0) is 11.7. The lowest BCUT2D eigenvalue weighted by Crippen LogP contribution is -2.10. The van der Waals surface area contributed by atoms with Crippen molar-refractivity contribution in [2.75, 3.05) is 0 Å². The zero-order valence-electron chi connectivity index (χ0n) is 10.3. The number of benzene rings is 1. The second kappa shape index (κ2) is 4.42. The van der Waals surface area contributed by atoms with Crippen molar-refractivity contribution in [1.29, 1.82) is 0 Å². The fourth-order valence-electron chi connectivity index (χ4n) is 2.66. The molecule has 16 heavy (non-hydrogen) atoms. The van der Waals surface area contributed by atoms with Gasteiger partial charge in [0.05, 0.1) is 6.10 Å². The maximum Gasteiger partial charge on any atom is 0.0764 e. The van der Waals surface area contributed by atoms with Crippen LogP contribution < -0.4 is 0 Å². The van der Waals surface area contributed by atoms with E-state index in [1.54, 1.807) is 0 Å². The third-order valence-corrected chi connectivity index (χ3v) is 3.62. The van der Waals surface area contributed by atoms with Gasteiger partial charge in [0, 0.05) is 0 Å². The number of aliphatic hydroxyl groups excluding tert-OH is 1. The van der Waals surface area contributed by atoms with Crippen LogP contribution in [0.25, 0.3) is 5.57 Å². The minimum atomic E-state index is -0.366. The Kier molecular flexibility index (Phi) is 3.15. The third-order valence-electron chi connectivity index (χ3n) is 3.62. The lowest BCUT2D eigenvalue weighted by Gasteiger charge is -2.27. The highest BCUT2D eigenvalue weighted by Gasteiger charge is 2.22. The van der Waals surface area contributed by atoms with Crippen molar-refractivity contribution in [1.82, 2.24) is 0 Å². The van der Waals surface area contributed by atoms with Crippen LogP contribution in [0.1, 0.15) is 62.3 Å². The molecule has 0 aromatic heterocycles. The molecule has 2 atom stereocenters. The number of aliphatic hydroxyl groups is 1. The van der Waals surface area contributed by atoms with E-state index in [0.29, 0.717) is 5.92 Å². The molecule has 86 valence electrons. The van der Waals surface area contributed by atoms with Gasteiger partial charge in [0.15, 0.2) is 0 Å². The second-order valence-corrected chi connectivity index (χ2v) is 4.71. The fourth-order valence-corrected chi connectivity index (χ4v) is 2.66. The molecule has 0 heterocycles. The fraction of sp³-hybridized carbons (Fsp3) is 0.467. The van der Waals surface area contributed by atoms with E-state index in [1.165, 1.54) is 16.7 Å². The molecule has 1 heteroatoms. The lowest BCUT2D eigenvalue weighted by molar-refractivity contribution is 0.197. The van der Waals surface area contributed by atoms with Crippen molar-refractivity contribution in [2.24, 2.45) is 0 Å². The van der Waals surface area contributed by atoms with E-state index in [1.807, 2.05) is 6.92 Å². The molecule has 1 nitrogen and oxygen atoms in total. The number of hydrogen-bond donors (Lipinski definition) is 1. The van der Waals surface area contributed by atoms with Crippen molar-refractivity contribution in [3.63, 3.8) is 0 Å². The molecule has 0 saturated heterocycles. The summed E-state index contributed by atoms with van der Waals surface area (Å²) in [7, 11) is 0. The Morgan fingerprint density at radius 2 is 2.19 bits per heavy atom. The van der Waals surface area contributed by atoms with Gasteiger partial charge in [-0.2, -0.15) is 0 Å². The summed E-state index contributed by atoms with van der Waals surface area (Å²) in [6, 6.07) is 6.29. The zero-order valence-corrected chi connectivity index (χ0v) is 10.3. The first-order valence-electron chi connectivity index (χ1n) is 6.13. The van der Waals surface area contributed by atoms with Crippen LogP contribution in [-0.4, -0.2) is 5.11 Å². The highest BCUT2D eigenvalue weighted by atomic mass is 16.3. The second-order valence-electron chi connectivity index (χ2n) is 4.71. The first kappa shape index (κ1) is 11.4. The van der Waals surface area contributed by atoms with Gasteiger partial charge in [-0.3, -0.25) is 0 Å². The predicted octanol–water partition coefficient (Wildman–Crippen LogP) is 4.04. The molecule has 1 N–H and O–H groups in total. The van der Waals surface area contributed by atoms with Crippen LogP contribution in [0.2, 0.25) is 0 Å². The van der Waals surface area contributed by atoms with Gasteiger partial charge in [0.2, 0.25) is 0 Å². The Balaban J connectivity index is 2.61. The number of rotatable bonds is 2. The molecule has 0 fully saturated rings.